The molecule has 0 aliphatic rings. The van der Waals surface area contributed by atoms with Crippen LogP contribution in [0.3, 0.4) is 0 Å². The van der Waals surface area contributed by atoms with E-state index in [9.17, 15) is 14.9 Å². The first kappa shape index (κ1) is 19.9. The van der Waals surface area contributed by atoms with Crippen molar-refractivity contribution in [3.63, 3.8) is 0 Å². The smallest absolute Gasteiger partial charge is 0.271 e. The molecule has 2 aromatic carbocycles. The quantitative estimate of drug-likeness (QED) is 0.433. The zero-order valence-corrected chi connectivity index (χ0v) is 15.7. The number of carbonyl (C=O) groups excluding carboxylic acids is 1. The van der Waals surface area contributed by atoms with Gasteiger partial charge in [-0.3, -0.25) is 20.2 Å². The molecule has 7 nitrogen and oxygen atoms in total. The summed E-state index contributed by atoms with van der Waals surface area (Å²) in [7, 11) is 0. The highest BCUT2D eigenvalue weighted by molar-refractivity contribution is 7.80. The van der Waals surface area contributed by atoms with Crippen molar-refractivity contribution in [3.05, 3.63) is 62.6 Å². The molecule has 10 heteroatoms. The Morgan fingerprint density at radius 3 is 2.65 bits per heavy atom. The van der Waals surface area contributed by atoms with E-state index in [1.54, 1.807) is 18.2 Å². The number of ether oxygens (including phenoxy) is 1. The van der Waals surface area contributed by atoms with Crippen LogP contribution in [-0.4, -0.2) is 22.0 Å². The number of thiocarbonyl (C=S) groups is 1. The number of halogens is 2. The van der Waals surface area contributed by atoms with Crippen LogP contribution in [0.15, 0.2) is 42.5 Å². The van der Waals surface area contributed by atoms with Gasteiger partial charge in [0.15, 0.2) is 11.2 Å². The lowest BCUT2D eigenvalue weighted by Gasteiger charge is -2.16. The van der Waals surface area contributed by atoms with E-state index in [-0.39, 0.29) is 15.8 Å². The predicted octanol–water partition coefficient (Wildman–Crippen LogP) is 4.18. The molecule has 0 radical (unpaired) electrons. The number of anilines is 1. The van der Waals surface area contributed by atoms with E-state index >= 15 is 0 Å². The highest BCUT2D eigenvalue weighted by Crippen LogP contribution is 2.28. The molecule has 1 amide bonds. The average Bonchev–Trinajstić information content (AvgIpc) is 2.57. The largest absolute Gasteiger partial charge is 0.479 e. The van der Waals surface area contributed by atoms with E-state index in [0.717, 1.165) is 0 Å². The van der Waals surface area contributed by atoms with Crippen molar-refractivity contribution >= 4 is 57.8 Å². The summed E-state index contributed by atoms with van der Waals surface area (Å²) in [5, 5.41) is 16.6. The van der Waals surface area contributed by atoms with E-state index in [1.807, 2.05) is 0 Å². The molecule has 0 fully saturated rings. The number of hydrogen-bond acceptors (Lipinski definition) is 5. The molecule has 0 spiro atoms. The molecule has 0 saturated heterocycles. The monoisotopic (exact) mass is 413 g/mol. The number of nitro benzene ring substituents is 1. The molecular formula is C16H13Cl2N3O4S. The van der Waals surface area contributed by atoms with Crippen LogP contribution in [0, 0.1) is 10.1 Å². The Labute approximate surface area is 164 Å². The molecule has 1 unspecified atom stereocenters. The molecule has 26 heavy (non-hydrogen) atoms. The fourth-order valence-electron chi connectivity index (χ4n) is 1.89. The molecule has 2 rings (SSSR count). The number of amides is 1. The van der Waals surface area contributed by atoms with Crippen LogP contribution in [0.2, 0.25) is 10.0 Å². The molecule has 0 aliphatic heterocycles. The first-order valence-electron chi connectivity index (χ1n) is 7.24. The van der Waals surface area contributed by atoms with E-state index in [2.05, 4.69) is 10.6 Å². The van der Waals surface area contributed by atoms with Gasteiger partial charge in [-0.2, -0.15) is 0 Å². The van der Waals surface area contributed by atoms with Gasteiger partial charge in [0.2, 0.25) is 0 Å². The Morgan fingerprint density at radius 2 is 2.00 bits per heavy atom. The molecule has 2 N–H and O–H groups in total. The molecular weight excluding hydrogens is 401 g/mol. The normalized spacial score (nSPS) is 11.3. The van der Waals surface area contributed by atoms with Crippen molar-refractivity contribution in [3.8, 4) is 5.75 Å². The van der Waals surface area contributed by atoms with E-state index in [4.69, 9.17) is 40.2 Å². The summed E-state index contributed by atoms with van der Waals surface area (Å²) in [5.41, 5.74) is 0.275. The maximum Gasteiger partial charge on any atom is 0.271 e. The van der Waals surface area contributed by atoms with Gasteiger partial charge in [-0.05, 0) is 43.4 Å². The predicted molar refractivity (Wildman–Crippen MR) is 104 cm³/mol. The second-order valence-corrected chi connectivity index (χ2v) is 6.34. The van der Waals surface area contributed by atoms with Gasteiger partial charge in [-0.1, -0.05) is 29.3 Å². The average molecular weight is 414 g/mol. The molecule has 0 aromatic heterocycles. The van der Waals surface area contributed by atoms with E-state index in [0.29, 0.717) is 16.5 Å². The number of nitro groups is 1. The van der Waals surface area contributed by atoms with Crippen LogP contribution in [0.25, 0.3) is 0 Å². The second kappa shape index (κ2) is 8.79. The summed E-state index contributed by atoms with van der Waals surface area (Å²) in [4.78, 5) is 22.4. The van der Waals surface area contributed by atoms with Crippen LogP contribution < -0.4 is 15.4 Å². The van der Waals surface area contributed by atoms with Gasteiger partial charge >= 0.3 is 0 Å². The van der Waals surface area contributed by atoms with Gasteiger partial charge in [-0.15, -0.1) is 0 Å². The number of non-ortho nitro benzene ring substituents is 1. The van der Waals surface area contributed by atoms with Crippen molar-refractivity contribution < 1.29 is 14.5 Å². The van der Waals surface area contributed by atoms with Gasteiger partial charge < -0.3 is 10.1 Å². The topological polar surface area (TPSA) is 93.5 Å². The summed E-state index contributed by atoms with van der Waals surface area (Å²) in [6.07, 6.45) is -0.890. The van der Waals surface area contributed by atoms with Crippen LogP contribution in [0.4, 0.5) is 11.4 Å². The third-order valence-corrected chi connectivity index (χ3v) is 3.85. The van der Waals surface area contributed by atoms with Gasteiger partial charge in [0.25, 0.3) is 11.6 Å². The number of nitrogens with zero attached hydrogens (tertiary/aromatic N) is 1. The SMILES string of the molecule is CC(Oc1ccc(Cl)cc1Cl)C(=O)NC(=S)Nc1cccc([N+](=O)[O-])c1. The fourth-order valence-corrected chi connectivity index (χ4v) is 2.56. The van der Waals surface area contributed by atoms with Gasteiger partial charge in [0.1, 0.15) is 5.75 Å². The van der Waals surface area contributed by atoms with Crippen LogP contribution in [-0.2, 0) is 4.79 Å². The van der Waals surface area contributed by atoms with Crippen molar-refractivity contribution in [1.82, 2.24) is 5.32 Å². The first-order chi connectivity index (χ1) is 12.3. The third-order valence-electron chi connectivity index (χ3n) is 3.12. The van der Waals surface area contributed by atoms with Gasteiger partial charge in [-0.25, -0.2) is 0 Å². The number of carbonyl (C=O) groups is 1. The van der Waals surface area contributed by atoms with E-state index in [1.165, 1.54) is 31.2 Å². The number of rotatable bonds is 5. The molecule has 136 valence electrons. The summed E-state index contributed by atoms with van der Waals surface area (Å²) in [6.45, 7) is 1.52. The van der Waals surface area contributed by atoms with Crippen LogP contribution >= 0.6 is 35.4 Å². The number of nitrogens with one attached hydrogen (secondary N) is 2. The third kappa shape index (κ3) is 5.55. The minimum atomic E-state index is -0.890. The van der Waals surface area contributed by atoms with Crippen molar-refractivity contribution in [2.45, 2.75) is 13.0 Å². The Bertz CT molecular complexity index is 863. The van der Waals surface area contributed by atoms with Crippen LogP contribution in [0.5, 0.6) is 5.75 Å². The minimum Gasteiger partial charge on any atom is -0.479 e. The van der Waals surface area contributed by atoms with Crippen molar-refractivity contribution in [2.75, 3.05) is 5.32 Å². The first-order valence-corrected chi connectivity index (χ1v) is 8.40. The minimum absolute atomic E-state index is 0.0202. The lowest BCUT2D eigenvalue weighted by molar-refractivity contribution is -0.384. The molecule has 0 bridgehead atoms. The summed E-state index contributed by atoms with van der Waals surface area (Å²) in [6, 6.07) is 10.4. The van der Waals surface area contributed by atoms with Crippen molar-refractivity contribution in [1.29, 1.82) is 0 Å². The van der Waals surface area contributed by atoms with E-state index < -0.39 is 16.9 Å². The summed E-state index contributed by atoms with van der Waals surface area (Å²) in [5.74, 6) is -0.213. The standard InChI is InChI=1S/C16H13Cl2N3O4S/c1-9(25-14-6-5-10(17)7-13(14)18)15(22)20-16(26)19-11-3-2-4-12(8-11)21(23)24/h2-9H,1H3,(H2,19,20,22,26). The zero-order chi connectivity index (χ0) is 19.3. The fraction of sp³-hybridized carbons (Fsp3) is 0.125. The molecule has 0 aliphatic carbocycles. The van der Waals surface area contributed by atoms with Crippen LogP contribution in [0.1, 0.15) is 6.92 Å². The summed E-state index contributed by atoms with van der Waals surface area (Å²) < 4.78 is 5.48. The number of hydrogen-bond donors (Lipinski definition) is 2. The second-order valence-electron chi connectivity index (χ2n) is 5.09. The highest BCUT2D eigenvalue weighted by Gasteiger charge is 2.18. The molecule has 0 heterocycles. The molecule has 0 saturated carbocycles. The maximum absolute atomic E-state index is 12.2. The Morgan fingerprint density at radius 1 is 1.27 bits per heavy atom. The molecule has 2 aromatic rings. The lowest BCUT2D eigenvalue weighted by atomic mass is 10.3. The Kier molecular flexibility index (Phi) is 6.73. The zero-order valence-electron chi connectivity index (χ0n) is 13.4. The Balaban J connectivity index is 1.94. The number of benzene rings is 2. The molecule has 1 atom stereocenters. The maximum atomic E-state index is 12.2. The lowest BCUT2D eigenvalue weighted by Crippen LogP contribution is -2.42. The van der Waals surface area contributed by atoms with Gasteiger partial charge in [0, 0.05) is 22.8 Å². The summed E-state index contributed by atoms with van der Waals surface area (Å²) >= 11 is 16.8. The highest BCUT2D eigenvalue weighted by atomic mass is 35.5. The Hall–Kier alpha value is -2.42. The van der Waals surface area contributed by atoms with Gasteiger partial charge in [0.05, 0.1) is 9.95 Å². The van der Waals surface area contributed by atoms with Crippen molar-refractivity contribution in [2.24, 2.45) is 0 Å².